The Hall–Kier alpha value is -3.88. The van der Waals surface area contributed by atoms with Crippen LogP contribution in [0.4, 0.5) is 9.59 Å². The first-order valence-corrected chi connectivity index (χ1v) is 14.0. The Balaban J connectivity index is 1.53. The van der Waals surface area contributed by atoms with Crippen molar-refractivity contribution in [1.82, 2.24) is 20.9 Å². The number of Topliss-reactive ketones (excluding diaryl/α,β-unsaturated/α-hetero) is 1. The molecule has 0 aromatic heterocycles. The van der Waals surface area contributed by atoms with Crippen molar-refractivity contribution in [2.45, 2.75) is 71.6 Å². The number of hydrogen-bond donors (Lipinski definition) is 3. The molecule has 0 unspecified atom stereocenters. The van der Waals surface area contributed by atoms with E-state index >= 15 is 0 Å². The zero-order chi connectivity index (χ0) is 29.1. The Morgan fingerprint density at radius 2 is 1.65 bits per heavy atom. The Morgan fingerprint density at radius 3 is 2.30 bits per heavy atom. The van der Waals surface area contributed by atoms with Crippen LogP contribution in [0.5, 0.6) is 0 Å². The molecule has 3 N–H and O–H groups in total. The summed E-state index contributed by atoms with van der Waals surface area (Å²) in [5.41, 5.74) is 1.52. The fraction of sp³-hybridized carbons (Fsp3) is 0.484. The highest BCUT2D eigenvalue weighted by Crippen LogP contribution is 2.32. The van der Waals surface area contributed by atoms with E-state index in [1.54, 1.807) is 11.8 Å². The van der Waals surface area contributed by atoms with Crippen molar-refractivity contribution in [3.63, 3.8) is 0 Å². The van der Waals surface area contributed by atoms with E-state index in [-0.39, 0.29) is 18.6 Å². The van der Waals surface area contributed by atoms with Gasteiger partial charge in [-0.25, -0.2) is 9.59 Å². The van der Waals surface area contributed by atoms with Gasteiger partial charge in [0.25, 0.3) is 5.91 Å². The molecular formula is C31H42N4O5. The molecule has 40 heavy (non-hydrogen) atoms. The number of ether oxygens (including phenoxy) is 1. The van der Waals surface area contributed by atoms with Gasteiger partial charge in [0.05, 0.1) is 12.6 Å². The van der Waals surface area contributed by atoms with Crippen molar-refractivity contribution in [2.24, 2.45) is 5.41 Å². The number of urea groups is 1. The molecule has 0 radical (unpaired) electrons. The van der Waals surface area contributed by atoms with Gasteiger partial charge in [-0.1, -0.05) is 94.3 Å². The summed E-state index contributed by atoms with van der Waals surface area (Å²) >= 11 is 0. The number of alkyl carbamates (subject to hydrolysis) is 1. The van der Waals surface area contributed by atoms with E-state index in [2.05, 4.69) is 16.0 Å². The van der Waals surface area contributed by atoms with Crippen LogP contribution in [0.2, 0.25) is 0 Å². The number of nitrogens with zero attached hydrogens (tertiary/aromatic N) is 1. The lowest BCUT2D eigenvalue weighted by Gasteiger charge is -2.26. The number of unbranched alkanes of at least 4 members (excludes halogenated alkanes) is 1. The van der Waals surface area contributed by atoms with E-state index in [1.165, 1.54) is 0 Å². The normalized spacial score (nSPS) is 17.4. The minimum absolute atomic E-state index is 0.212. The molecule has 2 aromatic carbocycles. The second kappa shape index (κ2) is 14.5. The molecule has 1 heterocycles. The summed E-state index contributed by atoms with van der Waals surface area (Å²) in [6, 6.07) is 17.7. The Morgan fingerprint density at radius 1 is 1.00 bits per heavy atom. The van der Waals surface area contributed by atoms with Crippen molar-refractivity contribution in [1.29, 1.82) is 0 Å². The first-order valence-electron chi connectivity index (χ1n) is 14.0. The molecule has 1 aliphatic heterocycles. The Labute approximate surface area is 237 Å². The molecule has 1 fully saturated rings. The third-order valence-corrected chi connectivity index (χ3v) is 7.25. The minimum Gasteiger partial charge on any atom is -0.444 e. The maximum absolute atomic E-state index is 13.0. The van der Waals surface area contributed by atoms with Crippen molar-refractivity contribution >= 4 is 23.8 Å². The smallest absolute Gasteiger partial charge is 0.408 e. The average Bonchev–Trinajstić information content (AvgIpc) is 3.25. The monoisotopic (exact) mass is 550 g/mol. The number of nitrogens with one attached hydrogen (secondary N) is 3. The molecule has 4 amide bonds. The van der Waals surface area contributed by atoms with Gasteiger partial charge in [0.1, 0.15) is 12.1 Å². The van der Waals surface area contributed by atoms with Crippen LogP contribution in [-0.2, 0) is 20.7 Å². The lowest BCUT2D eigenvalue weighted by molar-refractivity contribution is -0.139. The Bertz CT molecular complexity index is 1140. The number of benzene rings is 2. The van der Waals surface area contributed by atoms with E-state index in [1.807, 2.05) is 81.4 Å². The first kappa shape index (κ1) is 30.7. The molecule has 1 aliphatic rings. The van der Waals surface area contributed by atoms with E-state index in [0.29, 0.717) is 25.9 Å². The van der Waals surface area contributed by atoms with Crippen LogP contribution < -0.4 is 16.0 Å². The van der Waals surface area contributed by atoms with Crippen molar-refractivity contribution in [2.75, 3.05) is 19.6 Å². The number of amides is 4. The van der Waals surface area contributed by atoms with Gasteiger partial charge in [-0.3, -0.25) is 9.59 Å². The summed E-state index contributed by atoms with van der Waals surface area (Å²) in [7, 11) is 0. The zero-order valence-corrected chi connectivity index (χ0v) is 23.9. The molecule has 0 aliphatic carbocycles. The maximum atomic E-state index is 13.0. The SMILES string of the molecule is CCCC[C@H](NC(=O)O[C@@H]1CN(C(=O)NCCc2ccccc2)CC1(C)C)C(=O)C(=O)N[C@H](C)c1ccccc1. The first-order chi connectivity index (χ1) is 19.1. The van der Waals surface area contributed by atoms with Gasteiger partial charge in [0, 0.05) is 18.5 Å². The quantitative estimate of drug-likeness (QED) is 0.339. The minimum atomic E-state index is -1.00. The van der Waals surface area contributed by atoms with Gasteiger partial charge in [-0.2, -0.15) is 0 Å². The van der Waals surface area contributed by atoms with Crippen LogP contribution in [0.1, 0.15) is 64.1 Å². The molecule has 1 saturated heterocycles. The topological polar surface area (TPSA) is 117 Å². The lowest BCUT2D eigenvalue weighted by atomic mass is 9.90. The summed E-state index contributed by atoms with van der Waals surface area (Å²) in [5.74, 6) is -1.46. The lowest BCUT2D eigenvalue weighted by Crippen LogP contribution is -2.49. The van der Waals surface area contributed by atoms with Crippen LogP contribution in [0.25, 0.3) is 0 Å². The van der Waals surface area contributed by atoms with Crippen LogP contribution >= 0.6 is 0 Å². The van der Waals surface area contributed by atoms with E-state index in [9.17, 15) is 19.2 Å². The van der Waals surface area contributed by atoms with Crippen molar-refractivity contribution < 1.29 is 23.9 Å². The number of hydrogen-bond acceptors (Lipinski definition) is 5. The fourth-order valence-corrected chi connectivity index (χ4v) is 4.76. The summed E-state index contributed by atoms with van der Waals surface area (Å²) in [6.45, 7) is 8.78. The summed E-state index contributed by atoms with van der Waals surface area (Å²) in [6.07, 6.45) is 1.15. The van der Waals surface area contributed by atoms with Gasteiger partial charge < -0.3 is 25.6 Å². The highest BCUT2D eigenvalue weighted by atomic mass is 16.6. The van der Waals surface area contributed by atoms with Gasteiger partial charge in [-0.05, 0) is 30.9 Å². The average molecular weight is 551 g/mol. The largest absolute Gasteiger partial charge is 0.444 e. The third kappa shape index (κ3) is 8.83. The van der Waals surface area contributed by atoms with Gasteiger partial charge in [0.2, 0.25) is 5.78 Å². The van der Waals surface area contributed by atoms with E-state index < -0.39 is 35.3 Å². The summed E-state index contributed by atoms with van der Waals surface area (Å²) in [4.78, 5) is 53.1. The zero-order valence-electron chi connectivity index (χ0n) is 23.9. The van der Waals surface area contributed by atoms with Crippen molar-refractivity contribution in [3.8, 4) is 0 Å². The third-order valence-electron chi connectivity index (χ3n) is 7.25. The van der Waals surface area contributed by atoms with Gasteiger partial charge >= 0.3 is 12.1 Å². The van der Waals surface area contributed by atoms with Crippen LogP contribution in [0.15, 0.2) is 60.7 Å². The summed E-state index contributed by atoms with van der Waals surface area (Å²) < 4.78 is 5.72. The standard InChI is InChI=1S/C31H42N4O5/c1-5-6-17-25(27(36)28(37)33-22(2)24-15-11-8-12-16-24)34-30(39)40-26-20-35(21-31(26,3)4)29(38)32-19-18-23-13-9-7-10-14-23/h7-16,22,25-26H,5-6,17-21H2,1-4H3,(H,32,38)(H,33,37)(H,34,39)/t22-,25+,26-/m1/s1. The number of carbonyl (C=O) groups excluding carboxylic acids is 4. The second-order valence-corrected chi connectivity index (χ2v) is 11.0. The molecule has 3 rings (SSSR count). The highest BCUT2D eigenvalue weighted by Gasteiger charge is 2.44. The predicted octanol–water partition coefficient (Wildman–Crippen LogP) is 4.38. The summed E-state index contributed by atoms with van der Waals surface area (Å²) in [5, 5.41) is 8.28. The second-order valence-electron chi connectivity index (χ2n) is 11.0. The van der Waals surface area contributed by atoms with Crippen LogP contribution in [0.3, 0.4) is 0 Å². The molecule has 3 atom stereocenters. The molecule has 0 saturated carbocycles. The number of carbonyl (C=O) groups is 4. The molecule has 0 spiro atoms. The van der Waals surface area contributed by atoms with Crippen LogP contribution in [-0.4, -0.2) is 60.5 Å². The van der Waals surface area contributed by atoms with Crippen molar-refractivity contribution in [3.05, 3.63) is 71.8 Å². The Kier molecular flexibility index (Phi) is 11.1. The number of likely N-dealkylation sites (tertiary alicyclic amines) is 1. The van der Waals surface area contributed by atoms with E-state index in [4.69, 9.17) is 4.74 Å². The fourth-order valence-electron chi connectivity index (χ4n) is 4.76. The molecule has 0 bridgehead atoms. The maximum Gasteiger partial charge on any atom is 0.408 e. The molecule has 216 valence electrons. The predicted molar refractivity (Wildman–Crippen MR) is 154 cm³/mol. The molecule has 9 heteroatoms. The highest BCUT2D eigenvalue weighted by molar-refractivity contribution is 6.38. The molecule has 2 aromatic rings. The van der Waals surface area contributed by atoms with Gasteiger partial charge in [0.15, 0.2) is 0 Å². The number of ketones is 1. The van der Waals surface area contributed by atoms with E-state index in [0.717, 1.165) is 24.0 Å². The van der Waals surface area contributed by atoms with Crippen LogP contribution in [0, 0.1) is 5.41 Å². The molecular weight excluding hydrogens is 508 g/mol. The number of rotatable bonds is 12. The molecule has 9 nitrogen and oxygen atoms in total. The van der Waals surface area contributed by atoms with Gasteiger partial charge in [-0.15, -0.1) is 0 Å².